The molecule has 5 heterocycles. The number of hydrogen-bond acceptors (Lipinski definition) is 6. The van der Waals surface area contributed by atoms with Crippen molar-refractivity contribution in [1.29, 1.82) is 0 Å². The molecule has 7 rings (SSSR count). The summed E-state index contributed by atoms with van der Waals surface area (Å²) < 4.78 is 73.3. The highest BCUT2D eigenvalue weighted by molar-refractivity contribution is 6.45. The number of halogens is 2. The summed E-state index contributed by atoms with van der Waals surface area (Å²) in [6.45, 7) is -0.800. The van der Waals surface area contributed by atoms with Gasteiger partial charge < -0.3 is 14.5 Å². The summed E-state index contributed by atoms with van der Waals surface area (Å²) in [5.74, 6) is 0.303. The van der Waals surface area contributed by atoms with Gasteiger partial charge in [-0.3, -0.25) is 19.5 Å². The lowest BCUT2D eigenvalue weighted by atomic mass is 9.60. The number of likely N-dealkylation sites (tertiary alicyclic amines) is 1. The van der Waals surface area contributed by atoms with E-state index in [0.717, 1.165) is 29.5 Å². The number of amides is 1. The number of benzene rings is 1. The Hall–Kier alpha value is -2.59. The molecule has 0 unspecified atom stereocenters. The van der Waals surface area contributed by atoms with Crippen molar-refractivity contribution in [1.82, 2.24) is 29.8 Å². The van der Waals surface area contributed by atoms with Gasteiger partial charge in [-0.1, -0.05) is 29.8 Å². The van der Waals surface area contributed by atoms with Crippen LogP contribution in [0.4, 0.5) is 5.82 Å². The van der Waals surface area contributed by atoms with Gasteiger partial charge in [0.1, 0.15) is 0 Å². The molecule has 0 radical (unpaired) electrons. The molecule has 4 fully saturated rings. The van der Waals surface area contributed by atoms with E-state index in [4.69, 9.17) is 44.0 Å². The molecule has 1 N–H and O–H groups in total. The molecule has 3 aromatic rings. The van der Waals surface area contributed by atoms with E-state index >= 15 is 0 Å². The smallest absolute Gasteiger partial charge is 0.245 e. The summed E-state index contributed by atoms with van der Waals surface area (Å²) in [6.07, 6.45) is 5.68. The fraction of sp³-hybridized carbons (Fsp3) is 0.594. The van der Waals surface area contributed by atoms with Crippen LogP contribution >= 0.6 is 23.2 Å². The molecule has 43 heavy (non-hydrogen) atoms. The number of aromatic amines is 1. The first-order valence-corrected chi connectivity index (χ1v) is 15.4. The summed E-state index contributed by atoms with van der Waals surface area (Å²) >= 11 is 13.7. The van der Waals surface area contributed by atoms with Crippen molar-refractivity contribution in [2.45, 2.75) is 58.0 Å². The van der Waals surface area contributed by atoms with E-state index in [1.54, 1.807) is 17.2 Å². The van der Waals surface area contributed by atoms with Crippen molar-refractivity contribution in [3.05, 3.63) is 40.7 Å². The maximum atomic E-state index is 12.1. The molecule has 11 heteroatoms. The number of fused-ring (bicyclic) bond motifs is 1. The van der Waals surface area contributed by atoms with Crippen LogP contribution in [0.1, 0.15) is 62.2 Å². The molecule has 3 aliphatic heterocycles. The Kier molecular flexibility index (Phi) is 5.32. The van der Waals surface area contributed by atoms with Crippen molar-refractivity contribution in [2.24, 2.45) is 11.3 Å². The van der Waals surface area contributed by atoms with Gasteiger partial charge >= 0.3 is 0 Å². The predicted octanol–water partition coefficient (Wildman–Crippen LogP) is 5.72. The number of ether oxygens (including phenoxy) is 1. The van der Waals surface area contributed by atoms with Gasteiger partial charge in [-0.25, -0.2) is 0 Å². The molecule has 2 aromatic heterocycles. The Labute approximate surface area is 274 Å². The number of nitrogens with one attached hydrogen (secondary N) is 1. The molecular weight excluding hydrogens is 585 g/mol. The minimum atomic E-state index is -3.09. The summed E-state index contributed by atoms with van der Waals surface area (Å²) in [5.41, 5.74) is 2.55. The molecule has 1 amide bonds. The molecule has 1 saturated carbocycles. The van der Waals surface area contributed by atoms with Crippen LogP contribution in [0.3, 0.4) is 0 Å². The van der Waals surface area contributed by atoms with Crippen LogP contribution in [0.25, 0.3) is 22.0 Å². The first-order valence-electron chi connectivity index (χ1n) is 18.6. The Bertz CT molecular complexity index is 1890. The zero-order chi connectivity index (χ0) is 37.3. The van der Waals surface area contributed by atoms with Gasteiger partial charge in [0.15, 0.2) is 5.82 Å². The normalized spacial score (nSPS) is 31.3. The fourth-order valence-corrected chi connectivity index (χ4v) is 8.13. The lowest BCUT2D eigenvalue weighted by molar-refractivity contribution is -0.149. The molecule has 1 aromatic carbocycles. The van der Waals surface area contributed by atoms with Crippen LogP contribution in [0.15, 0.2) is 24.9 Å². The first-order chi connectivity index (χ1) is 23.6. The summed E-state index contributed by atoms with van der Waals surface area (Å²) in [4.78, 5) is 16.8. The van der Waals surface area contributed by atoms with E-state index in [2.05, 4.69) is 26.4 Å². The van der Waals surface area contributed by atoms with E-state index < -0.39 is 31.7 Å². The molecule has 1 spiro atoms. The van der Waals surface area contributed by atoms with Crippen LogP contribution in [0.2, 0.25) is 10.0 Å². The van der Waals surface area contributed by atoms with Gasteiger partial charge in [-0.15, -0.1) is 0 Å². The highest BCUT2D eigenvalue weighted by atomic mass is 35.5. The zero-order valence-corrected chi connectivity index (χ0v) is 26.0. The Morgan fingerprint density at radius 1 is 1.23 bits per heavy atom. The third kappa shape index (κ3) is 4.96. The van der Waals surface area contributed by atoms with Gasteiger partial charge in [0.25, 0.3) is 0 Å². The zero-order valence-electron chi connectivity index (χ0n) is 32.5. The number of morpholine rings is 1. The SMILES string of the molecule is [2H]C1([2H])OC([2H])([2H])C([2H])([2H])N(C[C@@H]2CCN(c3nn(C4CC5(C4)CN(C(=O)C=C)C5)c(C)c3-c3c(Cl)c(Cl)cc4[nH]ncc34)C(C)(C)C2)C1([2H])[2H]. The number of anilines is 1. The average Bonchev–Trinajstić information content (AvgIpc) is 3.57. The lowest BCUT2D eigenvalue weighted by Gasteiger charge is -2.58. The van der Waals surface area contributed by atoms with Crippen molar-refractivity contribution < 1.29 is 20.5 Å². The van der Waals surface area contributed by atoms with Crippen LogP contribution in [0, 0.1) is 18.3 Å². The third-order valence-electron chi connectivity index (χ3n) is 9.68. The van der Waals surface area contributed by atoms with Gasteiger partial charge in [0.05, 0.1) is 46.4 Å². The average molecular weight is 635 g/mol. The van der Waals surface area contributed by atoms with E-state index in [0.29, 0.717) is 64.3 Å². The topological polar surface area (TPSA) is 82.5 Å². The minimum Gasteiger partial charge on any atom is -0.379 e. The van der Waals surface area contributed by atoms with Gasteiger partial charge in [0, 0.05) is 77.8 Å². The van der Waals surface area contributed by atoms with Crippen LogP contribution in [-0.4, -0.2) is 93.5 Å². The summed E-state index contributed by atoms with van der Waals surface area (Å²) in [6, 6.07) is 1.83. The van der Waals surface area contributed by atoms with Crippen molar-refractivity contribution >= 4 is 45.8 Å². The third-order valence-corrected chi connectivity index (χ3v) is 10.5. The van der Waals surface area contributed by atoms with Gasteiger partial charge in [-0.2, -0.15) is 10.2 Å². The van der Waals surface area contributed by atoms with Crippen molar-refractivity contribution in [3.63, 3.8) is 0 Å². The van der Waals surface area contributed by atoms with Crippen LogP contribution in [0.5, 0.6) is 0 Å². The van der Waals surface area contributed by atoms with Crippen LogP contribution < -0.4 is 4.90 Å². The maximum Gasteiger partial charge on any atom is 0.245 e. The molecule has 3 saturated heterocycles. The number of rotatable bonds is 6. The second-order valence-corrected chi connectivity index (χ2v) is 13.8. The lowest BCUT2D eigenvalue weighted by Crippen LogP contribution is -2.63. The van der Waals surface area contributed by atoms with Crippen molar-refractivity contribution in [3.8, 4) is 11.1 Å². The maximum absolute atomic E-state index is 12.1. The molecule has 0 bridgehead atoms. The monoisotopic (exact) mass is 633 g/mol. The second-order valence-electron chi connectivity index (χ2n) is 13.0. The highest BCUT2D eigenvalue weighted by Gasteiger charge is 2.54. The Morgan fingerprint density at radius 3 is 2.67 bits per heavy atom. The van der Waals surface area contributed by atoms with E-state index in [9.17, 15) is 4.79 Å². The number of H-pyrrole nitrogens is 1. The number of aromatic nitrogens is 4. The fourth-order valence-electron chi connectivity index (χ4n) is 7.68. The second kappa shape index (κ2) is 10.8. The largest absolute Gasteiger partial charge is 0.379 e. The van der Waals surface area contributed by atoms with E-state index in [-0.39, 0.29) is 29.8 Å². The standard InChI is InChI=1S/C32H41Cl2N7O2/c1-5-26(42)39-18-32(19-39)14-22(15-32)41-20(2)27(28-23-16-35-36-25(23)12-24(33)29(28)34)30(37-41)40-7-6-21(13-31(40,3)4)17-38-8-10-43-11-9-38/h5,12,16,21-22H,1,6-11,13-15,17-19H2,2-4H3,(H,35,36)/t21-/m1/s1/i8D2,9D2,10D2,11D2. The number of piperidine rings is 1. The van der Waals surface area contributed by atoms with Gasteiger partial charge in [0.2, 0.25) is 5.91 Å². The van der Waals surface area contributed by atoms with Gasteiger partial charge in [-0.05, 0) is 64.5 Å². The number of hydrogen-bond donors (Lipinski definition) is 1. The molecule has 230 valence electrons. The van der Waals surface area contributed by atoms with E-state index in [1.165, 1.54) is 6.08 Å². The molecule has 1 aliphatic carbocycles. The van der Waals surface area contributed by atoms with Crippen LogP contribution in [-0.2, 0) is 9.53 Å². The summed E-state index contributed by atoms with van der Waals surface area (Å²) in [5, 5.41) is 14.0. The Balaban J connectivity index is 1.23. The molecular formula is C32H41Cl2N7O2. The minimum absolute atomic E-state index is 0.0475. The number of nitrogens with zero attached hydrogens (tertiary/aromatic N) is 6. The van der Waals surface area contributed by atoms with E-state index in [1.807, 2.05) is 20.8 Å². The van der Waals surface area contributed by atoms with Crippen molar-refractivity contribution in [2.75, 3.05) is 57.2 Å². The predicted molar refractivity (Wildman–Crippen MR) is 171 cm³/mol. The Morgan fingerprint density at radius 2 is 1.98 bits per heavy atom. The molecule has 4 aliphatic rings. The quantitative estimate of drug-likeness (QED) is 0.350. The first kappa shape index (κ1) is 21.2. The highest BCUT2D eigenvalue weighted by Crippen LogP contribution is 2.56. The number of carbonyl (C=O) groups excluding carboxylic acids is 1. The summed E-state index contributed by atoms with van der Waals surface area (Å²) in [7, 11) is 0. The molecule has 9 nitrogen and oxygen atoms in total. The number of carbonyl (C=O) groups is 1. The molecule has 1 atom stereocenters.